The summed E-state index contributed by atoms with van der Waals surface area (Å²) >= 11 is 0. The lowest BCUT2D eigenvalue weighted by Gasteiger charge is -2.21. The largest absolute Gasteiger partial charge is 0.508 e. The number of aromatic nitrogens is 1. The number of hydrogen-bond donors (Lipinski definition) is 2. The topological polar surface area (TPSA) is 125 Å². The molecule has 2 N–H and O–H groups in total. The van der Waals surface area contributed by atoms with E-state index >= 15 is 0 Å². The van der Waals surface area contributed by atoms with Gasteiger partial charge in [-0.3, -0.25) is 9.36 Å². The van der Waals surface area contributed by atoms with Crippen molar-refractivity contribution < 1.29 is 33.6 Å². The number of methoxy groups -OCH3 is 3. The number of nitrogens with zero attached hydrogens (tertiary/aromatic N) is 1. The zero-order valence-corrected chi connectivity index (χ0v) is 24.7. The van der Waals surface area contributed by atoms with Gasteiger partial charge in [-0.1, -0.05) is 12.1 Å². The maximum atomic E-state index is 14.0. The van der Waals surface area contributed by atoms with E-state index in [1.807, 2.05) is 6.92 Å². The second-order valence-electron chi connectivity index (χ2n) is 10.6. The molecule has 1 heterocycles. The lowest BCUT2D eigenvalue weighted by Crippen LogP contribution is -2.32. The molecular weight excluding hydrogens is 540 g/mol. The van der Waals surface area contributed by atoms with Gasteiger partial charge in [0, 0.05) is 23.4 Å². The molecule has 42 heavy (non-hydrogen) atoms. The molecule has 0 bridgehead atoms. The molecule has 0 saturated carbocycles. The van der Waals surface area contributed by atoms with Gasteiger partial charge in [0.25, 0.3) is 5.56 Å². The first kappa shape index (κ1) is 30.0. The Bertz CT molecular complexity index is 1690. The van der Waals surface area contributed by atoms with Crippen LogP contribution < -0.4 is 20.3 Å². The maximum absolute atomic E-state index is 14.0. The van der Waals surface area contributed by atoms with Crippen LogP contribution in [0, 0.1) is 6.92 Å². The summed E-state index contributed by atoms with van der Waals surface area (Å²) < 4.78 is 22.9. The number of esters is 1. The molecule has 0 atom stereocenters. The van der Waals surface area contributed by atoms with Crippen LogP contribution in [0.5, 0.6) is 17.2 Å². The minimum Gasteiger partial charge on any atom is -0.508 e. The molecule has 1 amide bonds. The van der Waals surface area contributed by atoms with Crippen LogP contribution in [0.25, 0.3) is 27.6 Å². The number of nitrogens with one attached hydrogen (secondary N) is 1. The average Bonchev–Trinajstić information content (AvgIpc) is 2.95. The number of pyridine rings is 1. The van der Waals surface area contributed by atoms with Crippen LogP contribution in [0.2, 0.25) is 0 Å². The Kier molecular flexibility index (Phi) is 8.46. The SMILES string of the molecule is COC(=O)c1c(-c2cc(OC)c(C)c(OC)c2)c2ccc(O)cc2c(=O)n1-c1ccc(CNC(=O)OC(C)(C)C)cc1. The number of benzene rings is 3. The van der Waals surface area contributed by atoms with Crippen molar-refractivity contribution in [2.45, 2.75) is 39.8 Å². The number of alkyl carbamates (subject to hydrolysis) is 1. The molecule has 4 rings (SSSR count). The molecule has 0 unspecified atom stereocenters. The molecular formula is C32H34N2O8. The summed E-state index contributed by atoms with van der Waals surface area (Å²) in [6.45, 7) is 7.36. The number of fused-ring (bicyclic) bond motifs is 1. The van der Waals surface area contributed by atoms with Crippen LogP contribution in [0.1, 0.15) is 42.4 Å². The molecule has 0 aliphatic rings. The van der Waals surface area contributed by atoms with Crippen LogP contribution in [0.15, 0.2) is 59.4 Å². The van der Waals surface area contributed by atoms with E-state index in [0.29, 0.717) is 33.7 Å². The first-order chi connectivity index (χ1) is 19.9. The Morgan fingerprint density at radius 3 is 2.07 bits per heavy atom. The fourth-order valence-electron chi connectivity index (χ4n) is 4.70. The molecule has 0 radical (unpaired) electrons. The molecule has 10 heteroatoms. The van der Waals surface area contributed by atoms with Crippen molar-refractivity contribution in [1.82, 2.24) is 9.88 Å². The van der Waals surface area contributed by atoms with Gasteiger partial charge in [0.15, 0.2) is 0 Å². The Labute approximate surface area is 243 Å². The van der Waals surface area contributed by atoms with Crippen LogP contribution in [-0.2, 0) is 16.0 Å². The summed E-state index contributed by atoms with van der Waals surface area (Å²) in [5.74, 6) is 0.190. The van der Waals surface area contributed by atoms with Crippen LogP contribution in [-0.4, -0.2) is 48.7 Å². The molecule has 3 aromatic carbocycles. The van der Waals surface area contributed by atoms with Crippen molar-refractivity contribution in [2.75, 3.05) is 21.3 Å². The first-order valence-electron chi connectivity index (χ1n) is 13.2. The molecule has 0 saturated heterocycles. The van der Waals surface area contributed by atoms with Gasteiger partial charge in [-0.15, -0.1) is 0 Å². The Balaban J connectivity index is 1.95. The zero-order chi connectivity index (χ0) is 30.8. The highest BCUT2D eigenvalue weighted by Crippen LogP contribution is 2.39. The van der Waals surface area contributed by atoms with Gasteiger partial charge in [-0.2, -0.15) is 0 Å². The second-order valence-corrected chi connectivity index (χ2v) is 10.6. The molecule has 0 aliphatic heterocycles. The molecule has 4 aromatic rings. The highest BCUT2D eigenvalue weighted by Gasteiger charge is 2.26. The number of phenols is 1. The fraction of sp³-hybridized carbons (Fsp3) is 0.281. The summed E-state index contributed by atoms with van der Waals surface area (Å²) in [6.07, 6.45) is -0.557. The third kappa shape index (κ3) is 6.02. The Hall–Kier alpha value is -4.99. The average molecular weight is 575 g/mol. The van der Waals surface area contributed by atoms with E-state index in [2.05, 4.69) is 5.32 Å². The Morgan fingerprint density at radius 2 is 1.52 bits per heavy atom. The van der Waals surface area contributed by atoms with E-state index in [1.54, 1.807) is 63.2 Å². The van der Waals surface area contributed by atoms with Gasteiger partial charge >= 0.3 is 12.1 Å². The number of phenolic OH excluding ortho intramolecular Hbond substituents is 1. The molecule has 0 aliphatic carbocycles. The fourth-order valence-corrected chi connectivity index (χ4v) is 4.70. The summed E-state index contributed by atoms with van der Waals surface area (Å²) in [4.78, 5) is 39.5. The van der Waals surface area contributed by atoms with Crippen molar-refractivity contribution in [1.29, 1.82) is 0 Å². The number of carbonyl (C=O) groups is 2. The molecule has 0 fully saturated rings. The molecule has 0 spiro atoms. The summed E-state index contributed by atoms with van der Waals surface area (Å²) in [6, 6.07) is 14.7. The smallest absolute Gasteiger partial charge is 0.407 e. The minimum absolute atomic E-state index is 0.0201. The van der Waals surface area contributed by atoms with E-state index < -0.39 is 23.2 Å². The highest BCUT2D eigenvalue weighted by molar-refractivity contribution is 6.07. The second kappa shape index (κ2) is 11.9. The zero-order valence-electron chi connectivity index (χ0n) is 24.7. The van der Waals surface area contributed by atoms with E-state index in [1.165, 1.54) is 38.0 Å². The standard InChI is InChI=1S/C32H34N2O8/c1-18-25(39-5)14-20(15-26(18)40-6)27-23-13-12-22(35)16-24(23)29(36)34(28(27)30(37)41-7)21-10-8-19(9-11-21)17-33-31(38)42-32(2,3)4/h8-16,35H,17H2,1-7H3,(H,33,38). The van der Waals surface area contributed by atoms with Gasteiger partial charge in [-0.25, -0.2) is 9.59 Å². The number of rotatable bonds is 7. The number of aromatic hydroxyl groups is 1. The van der Waals surface area contributed by atoms with Gasteiger partial charge in [0.05, 0.1) is 26.7 Å². The third-order valence-electron chi connectivity index (χ3n) is 6.62. The van der Waals surface area contributed by atoms with Gasteiger partial charge in [0.1, 0.15) is 28.5 Å². The van der Waals surface area contributed by atoms with Gasteiger partial charge < -0.3 is 29.4 Å². The minimum atomic E-state index is -0.744. The van der Waals surface area contributed by atoms with Crippen molar-refractivity contribution in [3.8, 4) is 34.1 Å². The number of carbonyl (C=O) groups excluding carboxylic acids is 2. The van der Waals surface area contributed by atoms with E-state index in [9.17, 15) is 19.5 Å². The van der Waals surface area contributed by atoms with E-state index in [0.717, 1.165) is 11.1 Å². The monoisotopic (exact) mass is 574 g/mol. The van der Waals surface area contributed by atoms with Crippen molar-refractivity contribution in [3.63, 3.8) is 0 Å². The predicted octanol–water partition coefficient (Wildman–Crippen LogP) is 5.50. The lowest BCUT2D eigenvalue weighted by molar-refractivity contribution is 0.0522. The van der Waals surface area contributed by atoms with Gasteiger partial charge in [-0.05, 0) is 86.7 Å². The first-order valence-corrected chi connectivity index (χ1v) is 13.2. The third-order valence-corrected chi connectivity index (χ3v) is 6.62. The van der Waals surface area contributed by atoms with Crippen LogP contribution in [0.3, 0.4) is 0 Å². The van der Waals surface area contributed by atoms with Crippen LogP contribution in [0.4, 0.5) is 4.79 Å². The molecule has 220 valence electrons. The van der Waals surface area contributed by atoms with E-state index in [4.69, 9.17) is 18.9 Å². The number of amides is 1. The lowest BCUT2D eigenvalue weighted by atomic mass is 9.94. The quantitative estimate of drug-likeness (QED) is 0.277. The van der Waals surface area contributed by atoms with Crippen molar-refractivity contribution >= 4 is 22.8 Å². The Morgan fingerprint density at radius 1 is 0.905 bits per heavy atom. The van der Waals surface area contributed by atoms with Gasteiger partial charge in [0.2, 0.25) is 0 Å². The van der Waals surface area contributed by atoms with Crippen molar-refractivity contribution in [2.24, 2.45) is 0 Å². The summed E-state index contributed by atoms with van der Waals surface area (Å²) in [5.41, 5.74) is 1.62. The number of hydrogen-bond acceptors (Lipinski definition) is 8. The summed E-state index contributed by atoms with van der Waals surface area (Å²) in [7, 11) is 4.30. The number of ether oxygens (including phenoxy) is 4. The normalized spacial score (nSPS) is 11.2. The van der Waals surface area contributed by atoms with Crippen LogP contribution >= 0.6 is 0 Å². The maximum Gasteiger partial charge on any atom is 0.407 e. The predicted molar refractivity (Wildman–Crippen MR) is 159 cm³/mol. The highest BCUT2D eigenvalue weighted by atomic mass is 16.6. The molecule has 1 aromatic heterocycles. The summed E-state index contributed by atoms with van der Waals surface area (Å²) in [5, 5.41) is 13.6. The van der Waals surface area contributed by atoms with E-state index in [-0.39, 0.29) is 23.4 Å². The van der Waals surface area contributed by atoms with Crippen molar-refractivity contribution in [3.05, 3.63) is 81.8 Å². The molecule has 10 nitrogen and oxygen atoms in total.